The van der Waals surface area contributed by atoms with E-state index in [1.54, 1.807) is 0 Å². The molecule has 25 heavy (non-hydrogen) atoms. The molecule has 0 spiro atoms. The standard InChI is InChI=1S/C24H51N/c1-13-21(19(2)3)18-24(25(12)20(4)5,16-14-22(6,7)8)17-15-23(9,10)11/h19-21H,13-18H2,1-12H3. The molecule has 152 valence electrons. The van der Waals surface area contributed by atoms with Crippen LogP contribution in [0.25, 0.3) is 0 Å². The summed E-state index contributed by atoms with van der Waals surface area (Å²) in [6.07, 6.45) is 7.92. The lowest BCUT2D eigenvalue weighted by molar-refractivity contribution is 0.0185. The van der Waals surface area contributed by atoms with Crippen LogP contribution in [-0.4, -0.2) is 23.5 Å². The molecule has 1 unspecified atom stereocenters. The first-order valence-electron chi connectivity index (χ1n) is 10.9. The number of nitrogens with zero attached hydrogens (tertiary/aromatic N) is 1. The Hall–Kier alpha value is -0.0400. The van der Waals surface area contributed by atoms with Crippen molar-refractivity contribution < 1.29 is 0 Å². The minimum atomic E-state index is 0.333. The van der Waals surface area contributed by atoms with Crippen molar-refractivity contribution in [1.82, 2.24) is 4.90 Å². The topological polar surface area (TPSA) is 3.24 Å². The molecule has 0 radical (unpaired) electrons. The molecule has 0 saturated heterocycles. The molecule has 0 aromatic rings. The van der Waals surface area contributed by atoms with Crippen LogP contribution in [0.3, 0.4) is 0 Å². The Labute approximate surface area is 161 Å². The number of hydrogen-bond donors (Lipinski definition) is 0. The molecule has 0 bridgehead atoms. The zero-order valence-electron chi connectivity index (χ0n) is 19.9. The molecule has 0 aliphatic rings. The van der Waals surface area contributed by atoms with Crippen LogP contribution in [0.15, 0.2) is 0 Å². The van der Waals surface area contributed by atoms with E-state index >= 15 is 0 Å². The predicted molar refractivity (Wildman–Crippen MR) is 116 cm³/mol. The van der Waals surface area contributed by atoms with Crippen molar-refractivity contribution in [3.63, 3.8) is 0 Å². The van der Waals surface area contributed by atoms with Crippen LogP contribution in [0.4, 0.5) is 0 Å². The highest BCUT2D eigenvalue weighted by molar-refractivity contribution is 4.95. The highest BCUT2D eigenvalue weighted by Gasteiger charge is 2.39. The summed E-state index contributed by atoms with van der Waals surface area (Å²) < 4.78 is 0. The molecule has 0 aliphatic heterocycles. The Morgan fingerprint density at radius 1 is 0.720 bits per heavy atom. The molecule has 0 aliphatic carbocycles. The summed E-state index contributed by atoms with van der Waals surface area (Å²) in [6, 6.07) is 0.601. The van der Waals surface area contributed by atoms with E-state index in [2.05, 4.69) is 88.1 Å². The van der Waals surface area contributed by atoms with Crippen LogP contribution < -0.4 is 0 Å². The van der Waals surface area contributed by atoms with E-state index in [1.165, 1.54) is 38.5 Å². The van der Waals surface area contributed by atoms with Crippen molar-refractivity contribution in [3.8, 4) is 0 Å². The average molecular weight is 354 g/mol. The van der Waals surface area contributed by atoms with Gasteiger partial charge in [0.05, 0.1) is 0 Å². The second-order valence-corrected chi connectivity index (χ2v) is 11.7. The highest BCUT2D eigenvalue weighted by Crippen LogP contribution is 2.42. The lowest BCUT2D eigenvalue weighted by Crippen LogP contribution is -2.52. The molecule has 1 heteroatoms. The van der Waals surface area contributed by atoms with Crippen LogP contribution in [0.1, 0.15) is 115 Å². The molecule has 0 amide bonds. The van der Waals surface area contributed by atoms with Gasteiger partial charge in [0.2, 0.25) is 0 Å². The quantitative estimate of drug-likeness (QED) is 0.387. The molecule has 0 N–H and O–H groups in total. The SMILES string of the molecule is CCC(CC(CCC(C)(C)C)(CCC(C)(C)C)N(C)C(C)C)C(C)C. The summed E-state index contributed by atoms with van der Waals surface area (Å²) >= 11 is 0. The lowest BCUT2D eigenvalue weighted by atomic mass is 9.70. The van der Waals surface area contributed by atoms with Crippen molar-refractivity contribution >= 4 is 0 Å². The normalized spacial score (nSPS) is 15.5. The Morgan fingerprint density at radius 2 is 1.12 bits per heavy atom. The monoisotopic (exact) mass is 353 g/mol. The van der Waals surface area contributed by atoms with Gasteiger partial charge in [-0.25, -0.2) is 0 Å². The molecule has 0 heterocycles. The highest BCUT2D eigenvalue weighted by atomic mass is 15.2. The summed E-state index contributed by atoms with van der Waals surface area (Å²) in [6.45, 7) is 26.4. The van der Waals surface area contributed by atoms with Crippen molar-refractivity contribution in [1.29, 1.82) is 0 Å². The van der Waals surface area contributed by atoms with Crippen molar-refractivity contribution in [2.24, 2.45) is 22.7 Å². The van der Waals surface area contributed by atoms with E-state index < -0.39 is 0 Å². The first-order valence-corrected chi connectivity index (χ1v) is 10.9. The first kappa shape index (κ1) is 25.0. The third-order valence-corrected chi connectivity index (χ3v) is 6.31. The largest absolute Gasteiger partial charge is 0.298 e. The average Bonchev–Trinajstić information content (AvgIpc) is 2.44. The fourth-order valence-electron chi connectivity index (χ4n) is 3.93. The van der Waals surface area contributed by atoms with E-state index in [1.807, 2.05) is 0 Å². The smallest absolute Gasteiger partial charge is 0.0212 e. The second-order valence-electron chi connectivity index (χ2n) is 11.7. The van der Waals surface area contributed by atoms with Gasteiger partial charge in [0.25, 0.3) is 0 Å². The van der Waals surface area contributed by atoms with Crippen LogP contribution in [0.2, 0.25) is 0 Å². The van der Waals surface area contributed by atoms with Gasteiger partial charge >= 0.3 is 0 Å². The summed E-state index contributed by atoms with van der Waals surface area (Å²) in [4.78, 5) is 2.73. The minimum absolute atomic E-state index is 0.333. The number of hydrogen-bond acceptors (Lipinski definition) is 1. The molecule has 1 atom stereocenters. The van der Waals surface area contributed by atoms with Gasteiger partial charge in [-0.2, -0.15) is 0 Å². The summed E-state index contributed by atoms with van der Waals surface area (Å²) in [7, 11) is 2.39. The Morgan fingerprint density at radius 3 is 1.36 bits per heavy atom. The number of rotatable bonds is 10. The molecule has 0 aromatic carbocycles. The Bertz CT molecular complexity index is 335. The van der Waals surface area contributed by atoms with Gasteiger partial charge in [0.15, 0.2) is 0 Å². The van der Waals surface area contributed by atoms with Gasteiger partial charge in [-0.1, -0.05) is 68.7 Å². The van der Waals surface area contributed by atoms with Gasteiger partial charge in [0.1, 0.15) is 0 Å². The molecule has 0 rings (SSSR count). The van der Waals surface area contributed by atoms with E-state index in [0.29, 0.717) is 22.4 Å². The predicted octanol–water partition coefficient (Wildman–Crippen LogP) is 7.79. The van der Waals surface area contributed by atoms with Gasteiger partial charge < -0.3 is 0 Å². The lowest BCUT2D eigenvalue weighted by Gasteiger charge is -2.49. The minimum Gasteiger partial charge on any atom is -0.298 e. The maximum Gasteiger partial charge on any atom is 0.0212 e. The molecule has 0 saturated carbocycles. The molecular weight excluding hydrogens is 302 g/mol. The van der Waals surface area contributed by atoms with Crippen molar-refractivity contribution in [3.05, 3.63) is 0 Å². The molecule has 0 aromatic heterocycles. The van der Waals surface area contributed by atoms with Gasteiger partial charge in [-0.3, -0.25) is 4.90 Å². The zero-order valence-corrected chi connectivity index (χ0v) is 19.9. The van der Waals surface area contributed by atoms with Crippen LogP contribution in [0, 0.1) is 22.7 Å². The zero-order chi connectivity index (χ0) is 20.1. The van der Waals surface area contributed by atoms with E-state index in [4.69, 9.17) is 0 Å². The third kappa shape index (κ3) is 9.45. The second kappa shape index (κ2) is 9.77. The third-order valence-electron chi connectivity index (χ3n) is 6.31. The van der Waals surface area contributed by atoms with Crippen molar-refractivity contribution in [2.45, 2.75) is 126 Å². The maximum absolute atomic E-state index is 2.73. The van der Waals surface area contributed by atoms with Gasteiger partial charge in [0, 0.05) is 11.6 Å². The van der Waals surface area contributed by atoms with Gasteiger partial charge in [-0.15, -0.1) is 0 Å². The van der Waals surface area contributed by atoms with E-state index in [-0.39, 0.29) is 0 Å². The van der Waals surface area contributed by atoms with Crippen molar-refractivity contribution in [2.75, 3.05) is 7.05 Å². The molecule has 1 nitrogen and oxygen atoms in total. The Balaban J connectivity index is 5.74. The molecule has 0 fully saturated rings. The van der Waals surface area contributed by atoms with Crippen LogP contribution in [-0.2, 0) is 0 Å². The Kier molecular flexibility index (Phi) is 9.75. The summed E-state index contributed by atoms with van der Waals surface area (Å²) in [5.74, 6) is 1.59. The maximum atomic E-state index is 2.73. The first-order chi connectivity index (χ1) is 11.1. The molecular formula is C24H51N. The van der Waals surface area contributed by atoms with Crippen LogP contribution >= 0.6 is 0 Å². The summed E-state index contributed by atoms with van der Waals surface area (Å²) in [5, 5.41) is 0. The van der Waals surface area contributed by atoms with E-state index in [9.17, 15) is 0 Å². The van der Waals surface area contributed by atoms with E-state index in [0.717, 1.165) is 11.8 Å². The van der Waals surface area contributed by atoms with Crippen LogP contribution in [0.5, 0.6) is 0 Å². The fourth-order valence-corrected chi connectivity index (χ4v) is 3.93. The van der Waals surface area contributed by atoms with Gasteiger partial charge in [-0.05, 0) is 75.7 Å². The summed E-state index contributed by atoms with van der Waals surface area (Å²) in [5.41, 5.74) is 1.15. The fraction of sp³-hybridized carbons (Fsp3) is 1.00.